The van der Waals surface area contributed by atoms with Crippen molar-refractivity contribution in [1.29, 1.82) is 0 Å². The van der Waals surface area contributed by atoms with Gasteiger partial charge < -0.3 is 0 Å². The van der Waals surface area contributed by atoms with Crippen molar-refractivity contribution in [2.24, 2.45) is 0 Å². The van der Waals surface area contributed by atoms with E-state index < -0.39 is 7.29 Å². The number of fused-ring (bicyclic) bond motifs is 1. The van der Waals surface area contributed by atoms with Crippen molar-refractivity contribution in [3.63, 3.8) is 0 Å². The molecule has 0 N–H and O–H groups in total. The van der Waals surface area contributed by atoms with Gasteiger partial charge in [0.25, 0.3) is 0 Å². The molecule has 96 valence electrons. The van der Waals surface area contributed by atoms with Crippen LogP contribution in [0.15, 0.2) is 12.4 Å². The highest BCUT2D eigenvalue weighted by Crippen LogP contribution is 2.56. The Labute approximate surface area is 104 Å². The number of nitrogens with zero attached hydrogens (tertiary/aromatic N) is 2. The summed E-state index contributed by atoms with van der Waals surface area (Å²) in [5.74, 6) is 0. The van der Waals surface area contributed by atoms with Gasteiger partial charge in [-0.3, -0.25) is 4.57 Å². The quantitative estimate of drug-likeness (QED) is 0.398. The van der Waals surface area contributed by atoms with Crippen molar-refractivity contribution in [1.82, 2.24) is 4.34 Å². The minimum Gasteiger partial charge on any atom is -0.260 e. The third kappa shape index (κ3) is 2.49. The van der Waals surface area contributed by atoms with Gasteiger partial charge in [-0.1, -0.05) is 39.5 Å². The Hall–Kier alpha value is -0.560. The molecule has 0 bridgehead atoms. The van der Waals surface area contributed by atoms with Crippen molar-refractivity contribution in [3.8, 4) is 0 Å². The van der Waals surface area contributed by atoms with Crippen LogP contribution in [0.5, 0.6) is 0 Å². The van der Waals surface area contributed by atoms with Crippen LogP contribution in [-0.4, -0.2) is 10.5 Å². The van der Waals surface area contributed by atoms with E-state index in [1.165, 1.54) is 38.5 Å². The van der Waals surface area contributed by atoms with Crippen LogP contribution in [0.4, 0.5) is 0 Å². The molecule has 1 aliphatic rings. The van der Waals surface area contributed by atoms with Gasteiger partial charge in [0.15, 0.2) is 0 Å². The normalized spacial score (nSPS) is 21.5. The molecular formula is C13H24N2OP+. The Kier molecular flexibility index (Phi) is 4.09. The Bertz CT molecular complexity index is 425. The number of imidazole rings is 1. The Morgan fingerprint density at radius 2 is 1.88 bits per heavy atom. The number of unbranched alkanes of at least 4 members (excludes halogenated alkanes) is 5. The summed E-state index contributed by atoms with van der Waals surface area (Å²) >= 11 is 0. The second-order valence-electron chi connectivity index (χ2n) is 4.92. The Morgan fingerprint density at radius 3 is 2.53 bits per heavy atom. The molecule has 0 fully saturated rings. The first-order valence-corrected chi connectivity index (χ1v) is 8.79. The molecule has 2 heterocycles. The van der Waals surface area contributed by atoms with Crippen LogP contribution >= 0.6 is 7.29 Å². The molecule has 0 aromatic carbocycles. The summed E-state index contributed by atoms with van der Waals surface area (Å²) in [5, 5.41) is 0. The molecule has 0 saturated carbocycles. The van der Waals surface area contributed by atoms with Crippen molar-refractivity contribution in [2.75, 3.05) is 6.16 Å². The highest BCUT2D eigenvalue weighted by molar-refractivity contribution is 7.76. The maximum atomic E-state index is 12.2. The average Bonchev–Trinajstić information content (AvgIpc) is 2.73. The smallest absolute Gasteiger partial charge is 0.260 e. The molecule has 0 spiro atoms. The molecule has 0 amide bonds. The predicted octanol–water partition coefficient (Wildman–Crippen LogP) is 2.92. The molecule has 4 heteroatoms. The largest absolute Gasteiger partial charge is 0.363 e. The fourth-order valence-electron chi connectivity index (χ4n) is 2.49. The summed E-state index contributed by atoms with van der Waals surface area (Å²) in [6, 6.07) is 0. The highest BCUT2D eigenvalue weighted by Gasteiger charge is 2.58. The molecule has 0 aliphatic carbocycles. The number of rotatable bonds is 8. The Morgan fingerprint density at radius 1 is 1.18 bits per heavy atom. The van der Waals surface area contributed by atoms with Gasteiger partial charge in [0.05, 0.1) is 6.54 Å². The SMILES string of the molecule is CCCCCCCC[n+]1ccn2c1P2(=O)CC. The van der Waals surface area contributed by atoms with E-state index in [1.807, 2.05) is 17.5 Å². The van der Waals surface area contributed by atoms with Crippen LogP contribution in [0.25, 0.3) is 0 Å². The second kappa shape index (κ2) is 5.39. The lowest BCUT2D eigenvalue weighted by atomic mass is 10.1. The molecule has 1 atom stereocenters. The van der Waals surface area contributed by atoms with Crippen molar-refractivity contribution in [3.05, 3.63) is 12.4 Å². The van der Waals surface area contributed by atoms with Crippen molar-refractivity contribution in [2.45, 2.75) is 58.9 Å². The van der Waals surface area contributed by atoms with Gasteiger partial charge in [0.2, 0.25) is 0 Å². The highest BCUT2D eigenvalue weighted by atomic mass is 31.2. The van der Waals surface area contributed by atoms with Gasteiger partial charge in [-0.05, 0) is 12.8 Å². The number of hydrogen-bond donors (Lipinski definition) is 0. The minimum absolute atomic E-state index is 0.777. The molecule has 1 unspecified atom stereocenters. The summed E-state index contributed by atoms with van der Waals surface area (Å²) in [5.41, 5.74) is 1.09. The van der Waals surface area contributed by atoms with E-state index in [9.17, 15) is 4.57 Å². The number of hydrogen-bond acceptors (Lipinski definition) is 1. The fraction of sp³-hybridized carbons (Fsp3) is 0.769. The van der Waals surface area contributed by atoms with E-state index >= 15 is 0 Å². The summed E-state index contributed by atoms with van der Waals surface area (Å²) < 4.78 is 16.4. The summed E-state index contributed by atoms with van der Waals surface area (Å²) in [6.45, 7) is 5.30. The zero-order valence-corrected chi connectivity index (χ0v) is 12.0. The van der Waals surface area contributed by atoms with Crippen LogP contribution in [0, 0.1) is 0 Å². The van der Waals surface area contributed by atoms with E-state index in [0.717, 1.165) is 18.3 Å². The average molecular weight is 255 g/mol. The maximum absolute atomic E-state index is 12.2. The lowest BCUT2D eigenvalue weighted by Gasteiger charge is -1.99. The minimum atomic E-state index is -2.04. The summed E-state index contributed by atoms with van der Waals surface area (Å²) in [4.78, 5) is 0. The van der Waals surface area contributed by atoms with Crippen molar-refractivity contribution < 1.29 is 9.13 Å². The van der Waals surface area contributed by atoms with E-state index in [4.69, 9.17) is 0 Å². The molecule has 0 saturated heterocycles. The zero-order valence-electron chi connectivity index (χ0n) is 11.1. The van der Waals surface area contributed by atoms with Gasteiger partial charge in [0.1, 0.15) is 12.4 Å². The maximum Gasteiger partial charge on any atom is 0.363 e. The molecule has 3 nitrogen and oxygen atoms in total. The number of aryl methyl sites for hydroxylation is 1. The van der Waals surface area contributed by atoms with Crippen LogP contribution in [0.2, 0.25) is 0 Å². The third-order valence-electron chi connectivity index (χ3n) is 3.65. The standard InChI is InChI=1S/C13H24N2OP/c1-3-5-6-7-8-9-10-14-11-12-15-13(14)17(15,16)4-2/h11-12H,3-10H2,1-2H3/q+1. The summed E-state index contributed by atoms with van der Waals surface area (Å²) in [6.07, 6.45) is 12.7. The van der Waals surface area contributed by atoms with Crippen LogP contribution in [0.3, 0.4) is 0 Å². The van der Waals surface area contributed by atoms with Gasteiger partial charge in [0, 0.05) is 6.16 Å². The predicted molar refractivity (Wildman–Crippen MR) is 71.2 cm³/mol. The zero-order chi connectivity index (χ0) is 12.3. The lowest BCUT2D eigenvalue weighted by molar-refractivity contribution is -0.677. The Balaban J connectivity index is 1.72. The number of aromatic nitrogens is 2. The first kappa shape index (κ1) is 12.9. The third-order valence-corrected chi connectivity index (χ3v) is 6.44. The molecule has 2 rings (SSSR count). The van der Waals surface area contributed by atoms with E-state index in [2.05, 4.69) is 17.7 Å². The topological polar surface area (TPSA) is 25.9 Å². The molecule has 17 heavy (non-hydrogen) atoms. The van der Waals surface area contributed by atoms with Gasteiger partial charge >= 0.3 is 12.9 Å². The van der Waals surface area contributed by atoms with E-state index in [1.54, 1.807) is 0 Å². The fourth-order valence-corrected chi connectivity index (χ4v) is 4.87. The van der Waals surface area contributed by atoms with E-state index in [0.29, 0.717) is 0 Å². The molecule has 0 radical (unpaired) electrons. The monoisotopic (exact) mass is 255 g/mol. The molecule has 1 aromatic heterocycles. The molecule has 1 aliphatic heterocycles. The van der Waals surface area contributed by atoms with Gasteiger partial charge in [-0.2, -0.15) is 4.34 Å². The van der Waals surface area contributed by atoms with Gasteiger partial charge in [-0.25, -0.2) is 4.57 Å². The van der Waals surface area contributed by atoms with Crippen LogP contribution < -0.4 is 10.1 Å². The van der Waals surface area contributed by atoms with Gasteiger partial charge in [-0.15, -0.1) is 0 Å². The van der Waals surface area contributed by atoms with Crippen molar-refractivity contribution >= 4 is 12.9 Å². The van der Waals surface area contributed by atoms with Crippen LogP contribution in [0.1, 0.15) is 52.4 Å². The molecule has 1 aromatic rings. The lowest BCUT2D eigenvalue weighted by Crippen LogP contribution is -2.41. The molecular weight excluding hydrogens is 231 g/mol. The van der Waals surface area contributed by atoms with E-state index in [-0.39, 0.29) is 0 Å². The second-order valence-corrected chi connectivity index (χ2v) is 7.79. The first-order chi connectivity index (χ1) is 8.24. The first-order valence-electron chi connectivity index (χ1n) is 6.95. The summed E-state index contributed by atoms with van der Waals surface area (Å²) in [7, 11) is -2.04. The van der Waals surface area contributed by atoms with Crippen LogP contribution in [-0.2, 0) is 11.1 Å².